The van der Waals surface area contributed by atoms with Crippen LogP contribution in [0.15, 0.2) is 176 Å². The quantitative estimate of drug-likeness (QED) is 0.121. The van der Waals surface area contributed by atoms with E-state index in [1.165, 1.54) is 83.3 Å². The van der Waals surface area contributed by atoms with E-state index in [4.69, 9.17) is 4.98 Å². The van der Waals surface area contributed by atoms with Crippen molar-refractivity contribution in [1.29, 1.82) is 0 Å². The first-order valence-electron chi connectivity index (χ1n) is 21.8. The van der Waals surface area contributed by atoms with Gasteiger partial charge in [-0.25, -0.2) is 4.98 Å². The first kappa shape index (κ1) is 37.2. The standard InChI is InChI=1S/C60H49N/c1-37-15-7-8-16-39(37)24-23-38(2)40-25-27-41(28-26-40)50-35-52-51(42-29-31-47-45-18-11-13-21-53(45)59(3,4)55(47)33-42)36-57(61-58(52)49-20-10-9-17-44(49)50)43-30-32-48-46-19-12-14-22-54(46)60(5,6)56(48)34-43/h7-10,12-17,19-36H,2,11,18H2,1,3-6H3/b24-23-. The fraction of sp³-hybridized carbons (Fsp3) is 0.150. The van der Waals surface area contributed by atoms with Crippen molar-refractivity contribution in [3.63, 3.8) is 0 Å². The van der Waals surface area contributed by atoms with E-state index in [0.717, 1.165) is 51.5 Å². The summed E-state index contributed by atoms with van der Waals surface area (Å²) in [6.07, 6.45) is 11.2. The average molecular weight is 784 g/mol. The lowest BCUT2D eigenvalue weighted by Crippen LogP contribution is -2.16. The first-order chi connectivity index (χ1) is 29.6. The maximum atomic E-state index is 5.63. The maximum absolute atomic E-state index is 5.63. The molecule has 0 unspecified atom stereocenters. The zero-order valence-corrected chi connectivity index (χ0v) is 35.7. The van der Waals surface area contributed by atoms with Crippen molar-refractivity contribution in [2.75, 3.05) is 0 Å². The van der Waals surface area contributed by atoms with Gasteiger partial charge in [0.25, 0.3) is 0 Å². The van der Waals surface area contributed by atoms with Crippen molar-refractivity contribution >= 4 is 38.9 Å². The first-order valence-corrected chi connectivity index (χ1v) is 21.8. The van der Waals surface area contributed by atoms with E-state index in [0.29, 0.717) is 0 Å². The van der Waals surface area contributed by atoms with Gasteiger partial charge in [0.05, 0.1) is 11.2 Å². The molecular formula is C60H49N. The molecule has 3 aliphatic carbocycles. The molecule has 0 saturated carbocycles. The van der Waals surface area contributed by atoms with Gasteiger partial charge in [-0.1, -0.05) is 180 Å². The molecule has 0 bridgehead atoms. The van der Waals surface area contributed by atoms with Crippen LogP contribution in [0.2, 0.25) is 0 Å². The molecule has 0 aliphatic heterocycles. The van der Waals surface area contributed by atoms with E-state index in [1.54, 1.807) is 0 Å². The van der Waals surface area contributed by atoms with Gasteiger partial charge in [-0.05, 0) is 138 Å². The fourth-order valence-corrected chi connectivity index (χ4v) is 10.6. The Morgan fingerprint density at radius 3 is 2.07 bits per heavy atom. The summed E-state index contributed by atoms with van der Waals surface area (Å²) >= 11 is 0. The summed E-state index contributed by atoms with van der Waals surface area (Å²) in [6, 6.07) is 54.1. The monoisotopic (exact) mass is 783 g/mol. The molecule has 1 aromatic heterocycles. The molecule has 7 aromatic carbocycles. The molecule has 0 fully saturated rings. The lowest BCUT2D eigenvalue weighted by atomic mass is 9.79. The van der Waals surface area contributed by atoms with Crippen molar-refractivity contribution in [3.8, 4) is 44.6 Å². The highest BCUT2D eigenvalue weighted by molar-refractivity contribution is 6.16. The molecule has 11 rings (SSSR count). The Balaban J connectivity index is 1.09. The summed E-state index contributed by atoms with van der Waals surface area (Å²) < 4.78 is 0. The van der Waals surface area contributed by atoms with Crippen LogP contribution < -0.4 is 0 Å². The van der Waals surface area contributed by atoms with Crippen LogP contribution in [0.25, 0.3) is 83.5 Å². The molecule has 3 aliphatic rings. The van der Waals surface area contributed by atoms with Crippen molar-refractivity contribution in [2.45, 2.75) is 58.3 Å². The molecule has 0 N–H and O–H groups in total. The van der Waals surface area contributed by atoms with Gasteiger partial charge in [-0.2, -0.15) is 0 Å². The molecule has 0 atom stereocenters. The Labute approximate surface area is 360 Å². The number of fused-ring (bicyclic) bond motifs is 8. The van der Waals surface area contributed by atoms with Gasteiger partial charge in [0.1, 0.15) is 0 Å². The second-order valence-electron chi connectivity index (χ2n) is 18.4. The van der Waals surface area contributed by atoms with Gasteiger partial charge >= 0.3 is 0 Å². The molecule has 61 heavy (non-hydrogen) atoms. The van der Waals surface area contributed by atoms with Crippen LogP contribution in [0, 0.1) is 6.92 Å². The smallest absolute Gasteiger partial charge is 0.0794 e. The van der Waals surface area contributed by atoms with Crippen LogP contribution >= 0.6 is 0 Å². The van der Waals surface area contributed by atoms with E-state index in [9.17, 15) is 0 Å². The summed E-state index contributed by atoms with van der Waals surface area (Å²) in [7, 11) is 0. The van der Waals surface area contributed by atoms with Crippen LogP contribution in [0.1, 0.15) is 79.5 Å². The van der Waals surface area contributed by atoms with E-state index < -0.39 is 0 Å². The minimum absolute atomic E-state index is 0.0669. The topological polar surface area (TPSA) is 12.9 Å². The molecule has 0 radical (unpaired) electrons. The Hall–Kier alpha value is -6.83. The van der Waals surface area contributed by atoms with Crippen molar-refractivity contribution in [1.82, 2.24) is 4.98 Å². The third-order valence-corrected chi connectivity index (χ3v) is 14.1. The zero-order valence-electron chi connectivity index (χ0n) is 35.7. The zero-order chi connectivity index (χ0) is 41.6. The van der Waals surface area contributed by atoms with Gasteiger partial charge in [-0.3, -0.25) is 0 Å². The highest BCUT2D eigenvalue weighted by Gasteiger charge is 2.38. The molecule has 294 valence electrons. The number of pyridine rings is 1. The number of hydrogen-bond donors (Lipinski definition) is 0. The third kappa shape index (κ3) is 5.86. The normalized spacial score (nSPS) is 15.6. The summed E-state index contributed by atoms with van der Waals surface area (Å²) in [6.45, 7) is 16.1. The average Bonchev–Trinajstić information content (AvgIpc) is 3.67. The number of nitrogens with zero attached hydrogens (tertiary/aromatic N) is 1. The number of hydrogen-bond acceptors (Lipinski definition) is 1. The van der Waals surface area contributed by atoms with Gasteiger partial charge < -0.3 is 0 Å². The Morgan fingerprint density at radius 2 is 1.23 bits per heavy atom. The number of benzene rings is 7. The lowest BCUT2D eigenvalue weighted by Gasteiger charge is -2.24. The fourth-order valence-electron chi connectivity index (χ4n) is 10.6. The van der Waals surface area contributed by atoms with Crippen LogP contribution in [0.3, 0.4) is 0 Å². The number of aromatic nitrogens is 1. The second kappa shape index (κ2) is 13.9. The van der Waals surface area contributed by atoms with Crippen LogP contribution in [-0.2, 0) is 10.8 Å². The summed E-state index contributed by atoms with van der Waals surface area (Å²) in [5, 5.41) is 3.51. The molecular weight excluding hydrogens is 735 g/mol. The molecule has 0 amide bonds. The maximum Gasteiger partial charge on any atom is 0.0794 e. The highest BCUT2D eigenvalue weighted by atomic mass is 14.7. The second-order valence-corrected chi connectivity index (χ2v) is 18.4. The number of allylic oxidation sites excluding steroid dienone is 6. The van der Waals surface area contributed by atoms with Gasteiger partial charge in [-0.15, -0.1) is 0 Å². The predicted octanol–water partition coefficient (Wildman–Crippen LogP) is 16.1. The minimum atomic E-state index is -0.103. The van der Waals surface area contributed by atoms with E-state index in [2.05, 4.69) is 211 Å². The summed E-state index contributed by atoms with van der Waals surface area (Å²) in [5.41, 5.74) is 23.6. The minimum Gasteiger partial charge on any atom is -0.247 e. The Bertz CT molecular complexity index is 3250. The van der Waals surface area contributed by atoms with Gasteiger partial charge in [0.2, 0.25) is 0 Å². The largest absolute Gasteiger partial charge is 0.247 e. The SMILES string of the molecule is C=C(/C=C\c1ccccc1C)c1ccc(-c2cc3c(-c4ccc5c(c4)C(C)(C)C4=C5CCC=C4)cc(-c4ccc5c(c4)C(C)(C)c4ccccc4-5)nc3c3ccccc23)cc1. The van der Waals surface area contributed by atoms with E-state index in [-0.39, 0.29) is 10.8 Å². The molecule has 1 nitrogen and oxygen atoms in total. The van der Waals surface area contributed by atoms with Gasteiger partial charge in [0.15, 0.2) is 0 Å². The molecule has 1 heterocycles. The summed E-state index contributed by atoms with van der Waals surface area (Å²) in [5.74, 6) is 0. The Kier molecular flexibility index (Phi) is 8.45. The lowest BCUT2D eigenvalue weighted by molar-refractivity contribution is 0.651. The van der Waals surface area contributed by atoms with Crippen LogP contribution in [0.4, 0.5) is 0 Å². The number of aryl methyl sites for hydroxylation is 1. The molecule has 0 saturated heterocycles. The molecule has 8 aromatic rings. The molecule has 0 spiro atoms. The summed E-state index contributed by atoms with van der Waals surface area (Å²) in [4.78, 5) is 5.63. The third-order valence-electron chi connectivity index (χ3n) is 14.1. The highest BCUT2D eigenvalue weighted by Crippen LogP contribution is 2.52. The predicted molar refractivity (Wildman–Crippen MR) is 261 cm³/mol. The van der Waals surface area contributed by atoms with E-state index in [1.807, 2.05) is 0 Å². The van der Waals surface area contributed by atoms with Crippen LogP contribution in [-0.4, -0.2) is 4.98 Å². The molecule has 1 heteroatoms. The number of rotatable bonds is 6. The van der Waals surface area contributed by atoms with E-state index >= 15 is 0 Å². The van der Waals surface area contributed by atoms with Crippen molar-refractivity contribution in [2.24, 2.45) is 0 Å². The van der Waals surface area contributed by atoms with Gasteiger partial charge in [0, 0.05) is 27.2 Å². The van der Waals surface area contributed by atoms with Crippen molar-refractivity contribution < 1.29 is 0 Å². The Morgan fingerprint density at radius 1 is 0.574 bits per heavy atom. The van der Waals surface area contributed by atoms with Crippen molar-refractivity contribution in [3.05, 3.63) is 215 Å². The van der Waals surface area contributed by atoms with Crippen LogP contribution in [0.5, 0.6) is 0 Å².